The molecule has 0 saturated heterocycles. The molecule has 0 radical (unpaired) electrons. The minimum absolute atomic E-state index is 0.0124. The first-order chi connectivity index (χ1) is 5.79. The van der Waals surface area contributed by atoms with E-state index in [1.54, 1.807) is 12.4 Å². The monoisotopic (exact) mass is 162 g/mol. The predicted molar refractivity (Wildman–Crippen MR) is 47.7 cm³/mol. The number of ketones is 1. The molecular formula is C9H10N2O. The second kappa shape index (κ2) is 4.28. The van der Waals surface area contributed by atoms with Crippen molar-refractivity contribution >= 4 is 11.6 Å². The van der Waals surface area contributed by atoms with Crippen LogP contribution in [0.5, 0.6) is 0 Å². The molecule has 0 aliphatic heterocycles. The Morgan fingerprint density at radius 1 is 1.58 bits per heavy atom. The summed E-state index contributed by atoms with van der Waals surface area (Å²) in [5.41, 5.74) is 0. The molecule has 0 saturated carbocycles. The number of hydrogen-bond donors (Lipinski definition) is 1. The van der Waals surface area contributed by atoms with Gasteiger partial charge in [0.25, 0.3) is 0 Å². The number of aromatic nitrogens is 1. The fourth-order valence-corrected chi connectivity index (χ4v) is 0.693. The topological polar surface area (TPSA) is 42.0 Å². The number of nitrogens with zero attached hydrogens (tertiary/aromatic N) is 1. The highest BCUT2D eigenvalue weighted by atomic mass is 16.1. The number of anilines is 1. The zero-order chi connectivity index (χ0) is 8.81. The standard InChI is InChI=1S/C9H10N2O/c1-8(12)5-7-11-9-4-2-3-6-10-9/h2-7H,1H3,(H,10,11)/b7-5-. The average Bonchev–Trinajstić information content (AvgIpc) is 2.05. The summed E-state index contributed by atoms with van der Waals surface area (Å²) in [6.07, 6.45) is 4.71. The van der Waals surface area contributed by atoms with Crippen molar-refractivity contribution in [1.82, 2.24) is 4.98 Å². The second-order valence-electron chi connectivity index (χ2n) is 2.30. The van der Waals surface area contributed by atoms with Crippen LogP contribution in [0.25, 0.3) is 0 Å². The molecule has 1 aromatic heterocycles. The zero-order valence-electron chi connectivity index (χ0n) is 6.82. The van der Waals surface area contributed by atoms with Crippen molar-refractivity contribution in [2.24, 2.45) is 0 Å². The summed E-state index contributed by atoms with van der Waals surface area (Å²) in [5.74, 6) is 0.744. The number of carbonyl (C=O) groups is 1. The number of carbonyl (C=O) groups excluding carboxylic acids is 1. The SMILES string of the molecule is CC(=O)/C=C\Nc1ccccn1. The Morgan fingerprint density at radius 2 is 2.42 bits per heavy atom. The van der Waals surface area contributed by atoms with Crippen molar-refractivity contribution in [3.05, 3.63) is 36.7 Å². The fourth-order valence-electron chi connectivity index (χ4n) is 0.693. The minimum Gasteiger partial charge on any atom is -0.347 e. The molecule has 1 N–H and O–H groups in total. The van der Waals surface area contributed by atoms with Gasteiger partial charge in [-0.15, -0.1) is 0 Å². The summed E-state index contributed by atoms with van der Waals surface area (Å²) < 4.78 is 0. The van der Waals surface area contributed by atoms with Gasteiger partial charge in [-0.3, -0.25) is 4.79 Å². The van der Waals surface area contributed by atoms with E-state index in [2.05, 4.69) is 10.3 Å². The van der Waals surface area contributed by atoms with Crippen molar-refractivity contribution < 1.29 is 4.79 Å². The molecule has 0 aliphatic rings. The smallest absolute Gasteiger partial charge is 0.154 e. The minimum atomic E-state index is 0.0124. The van der Waals surface area contributed by atoms with Gasteiger partial charge in [0.05, 0.1) is 0 Å². The number of pyridine rings is 1. The second-order valence-corrected chi connectivity index (χ2v) is 2.30. The lowest BCUT2D eigenvalue weighted by Gasteiger charge is -1.95. The number of rotatable bonds is 3. The largest absolute Gasteiger partial charge is 0.347 e. The maximum Gasteiger partial charge on any atom is 0.154 e. The molecule has 0 unspecified atom stereocenters. The Morgan fingerprint density at radius 3 is 3.00 bits per heavy atom. The van der Waals surface area contributed by atoms with Crippen LogP contribution in [0.4, 0.5) is 5.82 Å². The maximum atomic E-state index is 10.5. The van der Waals surface area contributed by atoms with Crippen molar-refractivity contribution in [3.63, 3.8) is 0 Å². The Balaban J connectivity index is 2.49. The Hall–Kier alpha value is -1.64. The first kappa shape index (κ1) is 8.46. The molecule has 62 valence electrons. The van der Waals surface area contributed by atoms with Gasteiger partial charge >= 0.3 is 0 Å². The van der Waals surface area contributed by atoms with E-state index < -0.39 is 0 Å². The molecule has 12 heavy (non-hydrogen) atoms. The van der Waals surface area contributed by atoms with E-state index >= 15 is 0 Å². The first-order valence-corrected chi connectivity index (χ1v) is 3.64. The molecule has 0 spiro atoms. The van der Waals surface area contributed by atoms with Crippen molar-refractivity contribution in [1.29, 1.82) is 0 Å². The highest BCUT2D eigenvalue weighted by Crippen LogP contribution is 1.98. The highest BCUT2D eigenvalue weighted by molar-refractivity contribution is 5.87. The summed E-state index contributed by atoms with van der Waals surface area (Å²) in [4.78, 5) is 14.5. The van der Waals surface area contributed by atoms with Crippen LogP contribution >= 0.6 is 0 Å². The van der Waals surface area contributed by atoms with E-state index in [1.165, 1.54) is 13.0 Å². The van der Waals surface area contributed by atoms with Gasteiger partial charge in [-0.2, -0.15) is 0 Å². The van der Waals surface area contributed by atoms with Crippen molar-refractivity contribution in [3.8, 4) is 0 Å². The summed E-state index contributed by atoms with van der Waals surface area (Å²) in [6, 6.07) is 5.53. The van der Waals surface area contributed by atoms with E-state index in [-0.39, 0.29) is 5.78 Å². The molecule has 0 fully saturated rings. The van der Waals surface area contributed by atoms with Gasteiger partial charge in [0.2, 0.25) is 0 Å². The van der Waals surface area contributed by atoms with Crippen molar-refractivity contribution in [2.45, 2.75) is 6.92 Å². The average molecular weight is 162 g/mol. The molecule has 1 aromatic rings. The Bertz CT molecular complexity index is 280. The van der Waals surface area contributed by atoms with Crippen LogP contribution in [-0.2, 0) is 4.79 Å². The number of nitrogens with one attached hydrogen (secondary N) is 1. The summed E-state index contributed by atoms with van der Waals surface area (Å²) in [6.45, 7) is 1.50. The predicted octanol–water partition coefficient (Wildman–Crippen LogP) is 1.60. The van der Waals surface area contributed by atoms with Gasteiger partial charge in [0.15, 0.2) is 5.78 Å². The molecule has 3 heteroatoms. The molecule has 1 rings (SSSR count). The van der Waals surface area contributed by atoms with Gasteiger partial charge < -0.3 is 5.32 Å². The van der Waals surface area contributed by atoms with Crippen LogP contribution in [0.2, 0.25) is 0 Å². The van der Waals surface area contributed by atoms with E-state index in [9.17, 15) is 4.79 Å². The van der Waals surface area contributed by atoms with Crippen LogP contribution in [-0.4, -0.2) is 10.8 Å². The summed E-state index contributed by atoms with van der Waals surface area (Å²) in [5, 5.41) is 2.86. The molecular weight excluding hydrogens is 152 g/mol. The summed E-state index contributed by atoms with van der Waals surface area (Å²) in [7, 11) is 0. The summed E-state index contributed by atoms with van der Waals surface area (Å²) >= 11 is 0. The van der Waals surface area contributed by atoms with Crippen LogP contribution in [0, 0.1) is 0 Å². The van der Waals surface area contributed by atoms with E-state index in [4.69, 9.17) is 0 Å². The van der Waals surface area contributed by atoms with Crippen molar-refractivity contribution in [2.75, 3.05) is 5.32 Å². The molecule has 0 aliphatic carbocycles. The van der Waals surface area contributed by atoms with Crippen LogP contribution in [0.15, 0.2) is 36.7 Å². The van der Waals surface area contributed by atoms with Crippen LogP contribution < -0.4 is 5.32 Å². The third-order valence-electron chi connectivity index (χ3n) is 1.21. The van der Waals surface area contributed by atoms with E-state index in [0.717, 1.165) is 5.82 Å². The molecule has 1 heterocycles. The normalized spacial score (nSPS) is 10.1. The quantitative estimate of drug-likeness (QED) is 0.686. The zero-order valence-corrected chi connectivity index (χ0v) is 6.82. The maximum absolute atomic E-state index is 10.5. The van der Waals surface area contributed by atoms with Crippen LogP contribution in [0.3, 0.4) is 0 Å². The Kier molecular flexibility index (Phi) is 3.02. The van der Waals surface area contributed by atoms with Crippen LogP contribution in [0.1, 0.15) is 6.92 Å². The lowest BCUT2D eigenvalue weighted by molar-refractivity contribution is -0.112. The molecule has 0 bridgehead atoms. The van der Waals surface area contributed by atoms with Gasteiger partial charge in [-0.05, 0) is 25.1 Å². The molecule has 0 amide bonds. The van der Waals surface area contributed by atoms with E-state index in [0.29, 0.717) is 0 Å². The third kappa shape index (κ3) is 2.96. The lowest BCUT2D eigenvalue weighted by atomic mass is 10.4. The van der Waals surface area contributed by atoms with Gasteiger partial charge in [0, 0.05) is 12.4 Å². The Labute approximate surface area is 71.1 Å². The third-order valence-corrected chi connectivity index (χ3v) is 1.21. The number of allylic oxidation sites excluding steroid dienone is 1. The molecule has 0 atom stereocenters. The highest BCUT2D eigenvalue weighted by Gasteiger charge is 1.85. The van der Waals surface area contributed by atoms with Gasteiger partial charge in [-0.1, -0.05) is 6.07 Å². The number of hydrogen-bond acceptors (Lipinski definition) is 3. The van der Waals surface area contributed by atoms with E-state index in [1.807, 2.05) is 18.2 Å². The van der Waals surface area contributed by atoms with Gasteiger partial charge in [0.1, 0.15) is 5.82 Å². The fraction of sp³-hybridized carbons (Fsp3) is 0.111. The molecule has 0 aromatic carbocycles. The first-order valence-electron chi connectivity index (χ1n) is 3.64. The van der Waals surface area contributed by atoms with Gasteiger partial charge in [-0.25, -0.2) is 4.98 Å². The lowest BCUT2D eigenvalue weighted by Crippen LogP contribution is -1.91. The molecule has 3 nitrogen and oxygen atoms in total.